The number of fused-ring (bicyclic) bond motifs is 1. The predicted octanol–water partition coefficient (Wildman–Crippen LogP) is 5.19. The lowest BCUT2D eigenvalue weighted by molar-refractivity contribution is 0.0910. The molecule has 172 valence electrons. The van der Waals surface area contributed by atoms with Crippen molar-refractivity contribution in [2.24, 2.45) is 5.92 Å². The molecule has 0 radical (unpaired) electrons. The molecule has 1 aliphatic rings. The van der Waals surface area contributed by atoms with Crippen LogP contribution in [0.2, 0.25) is 0 Å². The van der Waals surface area contributed by atoms with Gasteiger partial charge in [-0.3, -0.25) is 14.6 Å². The monoisotopic (exact) mass is 453 g/mol. The van der Waals surface area contributed by atoms with Gasteiger partial charge >= 0.3 is 0 Å². The number of nitrogens with one attached hydrogen (secondary N) is 3. The molecule has 2 aromatic carbocycles. The van der Waals surface area contributed by atoms with Crippen molar-refractivity contribution in [1.29, 1.82) is 0 Å². The molecule has 2 aromatic heterocycles. The molecule has 0 bridgehead atoms. The minimum atomic E-state index is -0.202. The van der Waals surface area contributed by atoms with E-state index in [1.165, 1.54) is 12.8 Å². The maximum atomic E-state index is 12.8. The zero-order valence-electron chi connectivity index (χ0n) is 19.0. The summed E-state index contributed by atoms with van der Waals surface area (Å²) in [7, 11) is 0. The molecule has 1 fully saturated rings. The van der Waals surface area contributed by atoms with Gasteiger partial charge in [-0.2, -0.15) is 0 Å². The van der Waals surface area contributed by atoms with Gasteiger partial charge in [0.15, 0.2) is 0 Å². The molecule has 34 heavy (non-hydrogen) atoms. The Kier molecular flexibility index (Phi) is 6.08. The second-order valence-corrected chi connectivity index (χ2v) is 8.93. The summed E-state index contributed by atoms with van der Waals surface area (Å²) >= 11 is 0. The third kappa shape index (κ3) is 4.69. The second-order valence-electron chi connectivity index (χ2n) is 8.93. The summed E-state index contributed by atoms with van der Waals surface area (Å²) in [5, 5.41) is 6.03. The molecule has 0 spiro atoms. The van der Waals surface area contributed by atoms with Gasteiger partial charge in [0.25, 0.3) is 11.8 Å². The Morgan fingerprint density at radius 3 is 2.53 bits per heavy atom. The molecule has 0 aliphatic heterocycles. The first-order chi connectivity index (χ1) is 16.6. The highest BCUT2D eigenvalue weighted by atomic mass is 16.2. The van der Waals surface area contributed by atoms with Gasteiger partial charge in [-0.1, -0.05) is 31.9 Å². The number of benzene rings is 2. The van der Waals surface area contributed by atoms with Crippen LogP contribution in [0, 0.1) is 5.92 Å². The minimum absolute atomic E-state index is 0.0471. The summed E-state index contributed by atoms with van der Waals surface area (Å²) in [5.74, 6) is 0.946. The highest BCUT2D eigenvalue weighted by Gasteiger charge is 2.23. The summed E-state index contributed by atoms with van der Waals surface area (Å²) in [5.41, 5.74) is 4.25. The lowest BCUT2D eigenvalue weighted by atomic mass is 9.86. The first-order valence-electron chi connectivity index (χ1n) is 11.7. The number of anilines is 1. The van der Waals surface area contributed by atoms with Gasteiger partial charge in [-0.15, -0.1) is 0 Å². The van der Waals surface area contributed by atoms with E-state index in [1.54, 1.807) is 36.7 Å². The molecule has 2 heterocycles. The lowest BCUT2D eigenvalue weighted by Gasteiger charge is -2.29. The van der Waals surface area contributed by atoms with Crippen LogP contribution < -0.4 is 10.6 Å². The summed E-state index contributed by atoms with van der Waals surface area (Å²) in [4.78, 5) is 37.3. The van der Waals surface area contributed by atoms with E-state index in [4.69, 9.17) is 0 Å². The van der Waals surface area contributed by atoms with Crippen LogP contribution in [0.1, 0.15) is 53.3 Å². The SMILES string of the molecule is CC1CCCCC1NC(=O)c1ccc2[nH]c(-c3ccc(C(=O)Nc4cccnc4)cc3)nc2c1. The molecule has 2 amide bonds. The number of imidazole rings is 1. The average molecular weight is 454 g/mol. The topological polar surface area (TPSA) is 99.8 Å². The zero-order valence-corrected chi connectivity index (χ0v) is 19.0. The average Bonchev–Trinajstić information content (AvgIpc) is 3.30. The number of pyridine rings is 1. The van der Waals surface area contributed by atoms with Crippen LogP contribution in [0.3, 0.4) is 0 Å². The standard InChI is InChI=1S/C27H27N5O2/c1-17-5-2-3-7-22(17)32-27(34)20-12-13-23-24(15-20)31-25(30-23)18-8-10-19(11-9-18)26(33)29-21-6-4-14-28-16-21/h4,6,8-17,22H,2-3,5,7H2,1H3,(H,29,33)(H,30,31)(H,32,34). The van der Waals surface area contributed by atoms with Crippen molar-refractivity contribution in [2.75, 3.05) is 5.32 Å². The predicted molar refractivity (Wildman–Crippen MR) is 133 cm³/mol. The highest BCUT2D eigenvalue weighted by Crippen LogP contribution is 2.25. The molecule has 1 saturated carbocycles. The van der Waals surface area contributed by atoms with Crippen LogP contribution in [0.4, 0.5) is 5.69 Å². The van der Waals surface area contributed by atoms with Crippen molar-refractivity contribution < 1.29 is 9.59 Å². The van der Waals surface area contributed by atoms with Crippen molar-refractivity contribution in [3.63, 3.8) is 0 Å². The number of rotatable bonds is 5. The van der Waals surface area contributed by atoms with Gasteiger partial charge in [-0.25, -0.2) is 4.98 Å². The number of carbonyl (C=O) groups is 2. The Hall–Kier alpha value is -4.00. The van der Waals surface area contributed by atoms with E-state index in [0.717, 1.165) is 29.4 Å². The summed E-state index contributed by atoms with van der Waals surface area (Å²) in [6, 6.07) is 16.6. The summed E-state index contributed by atoms with van der Waals surface area (Å²) in [6.45, 7) is 2.21. The number of aromatic amines is 1. The fraction of sp³-hybridized carbons (Fsp3) is 0.259. The molecule has 0 saturated heterocycles. The molecule has 3 N–H and O–H groups in total. The van der Waals surface area contributed by atoms with E-state index in [-0.39, 0.29) is 17.9 Å². The van der Waals surface area contributed by atoms with Crippen molar-refractivity contribution >= 4 is 28.5 Å². The Balaban J connectivity index is 1.30. The molecule has 2 atom stereocenters. The molecule has 7 heteroatoms. The minimum Gasteiger partial charge on any atom is -0.349 e. The fourth-order valence-electron chi connectivity index (χ4n) is 4.49. The van der Waals surface area contributed by atoms with Gasteiger partial charge in [0.05, 0.1) is 22.9 Å². The molecule has 2 unspecified atom stereocenters. The van der Waals surface area contributed by atoms with Gasteiger partial charge in [-0.05, 0) is 61.2 Å². The summed E-state index contributed by atoms with van der Waals surface area (Å²) in [6.07, 6.45) is 7.87. The van der Waals surface area contributed by atoms with Crippen LogP contribution >= 0.6 is 0 Å². The number of hydrogen-bond acceptors (Lipinski definition) is 4. The number of hydrogen-bond donors (Lipinski definition) is 3. The van der Waals surface area contributed by atoms with E-state index in [9.17, 15) is 9.59 Å². The normalized spacial score (nSPS) is 17.9. The number of aromatic nitrogens is 3. The maximum absolute atomic E-state index is 12.8. The van der Waals surface area contributed by atoms with Crippen LogP contribution in [0.5, 0.6) is 0 Å². The highest BCUT2D eigenvalue weighted by molar-refractivity contribution is 6.04. The summed E-state index contributed by atoms with van der Waals surface area (Å²) < 4.78 is 0. The Morgan fingerprint density at radius 1 is 0.971 bits per heavy atom. The lowest BCUT2D eigenvalue weighted by Crippen LogP contribution is -2.41. The molecular weight excluding hydrogens is 426 g/mol. The Labute approximate surface area is 198 Å². The first kappa shape index (κ1) is 21.8. The zero-order chi connectivity index (χ0) is 23.5. The van der Waals surface area contributed by atoms with Crippen molar-refractivity contribution in [2.45, 2.75) is 38.6 Å². The van der Waals surface area contributed by atoms with Crippen LogP contribution in [-0.2, 0) is 0 Å². The van der Waals surface area contributed by atoms with Gasteiger partial charge in [0.1, 0.15) is 5.82 Å². The molecular formula is C27H27N5O2. The molecule has 5 rings (SSSR count). The third-order valence-corrected chi connectivity index (χ3v) is 6.51. The Bertz CT molecular complexity index is 1310. The van der Waals surface area contributed by atoms with Crippen molar-refractivity contribution in [1.82, 2.24) is 20.3 Å². The number of H-pyrrole nitrogens is 1. The van der Waals surface area contributed by atoms with E-state index >= 15 is 0 Å². The molecule has 4 aromatic rings. The first-order valence-corrected chi connectivity index (χ1v) is 11.7. The van der Waals surface area contributed by atoms with Gasteiger partial charge in [0, 0.05) is 28.9 Å². The fourth-order valence-corrected chi connectivity index (χ4v) is 4.49. The smallest absolute Gasteiger partial charge is 0.255 e. The van der Waals surface area contributed by atoms with Gasteiger partial charge in [0.2, 0.25) is 0 Å². The second kappa shape index (κ2) is 9.47. The Morgan fingerprint density at radius 2 is 1.76 bits per heavy atom. The van der Waals surface area contributed by atoms with Crippen molar-refractivity contribution in [3.8, 4) is 11.4 Å². The molecule has 1 aliphatic carbocycles. The quantitative estimate of drug-likeness (QED) is 0.387. The van der Waals surface area contributed by atoms with E-state index < -0.39 is 0 Å². The van der Waals surface area contributed by atoms with E-state index in [2.05, 4.69) is 32.5 Å². The number of carbonyl (C=O) groups excluding carboxylic acids is 2. The maximum Gasteiger partial charge on any atom is 0.255 e. The van der Waals surface area contributed by atoms with Crippen LogP contribution in [-0.4, -0.2) is 32.8 Å². The number of amides is 2. The third-order valence-electron chi connectivity index (χ3n) is 6.51. The van der Waals surface area contributed by atoms with E-state index in [1.807, 2.05) is 30.3 Å². The van der Waals surface area contributed by atoms with E-state index in [0.29, 0.717) is 28.6 Å². The van der Waals surface area contributed by atoms with Gasteiger partial charge < -0.3 is 15.6 Å². The van der Waals surface area contributed by atoms with Crippen LogP contribution in [0.25, 0.3) is 22.4 Å². The largest absolute Gasteiger partial charge is 0.349 e. The van der Waals surface area contributed by atoms with Crippen molar-refractivity contribution in [3.05, 3.63) is 78.1 Å². The molecule has 7 nitrogen and oxygen atoms in total. The van der Waals surface area contributed by atoms with Crippen LogP contribution in [0.15, 0.2) is 67.0 Å². The number of nitrogens with zero attached hydrogens (tertiary/aromatic N) is 2.